The second-order valence-electron chi connectivity index (χ2n) is 3.96. The molecular formula is C13H16N4. The standard InChI is InChI=1S/C13H16N4/c1-9-4-5-11(6-10(9)2)16-13-8-15-7-12(14-3)17-13/h4-8H,1-3H3,(H2,14,16,17). The number of nitrogens with one attached hydrogen (secondary N) is 2. The Bertz CT molecular complexity index is 523. The van der Waals surface area contributed by atoms with Crippen molar-refractivity contribution in [2.24, 2.45) is 0 Å². The Morgan fingerprint density at radius 3 is 2.47 bits per heavy atom. The molecule has 17 heavy (non-hydrogen) atoms. The highest BCUT2D eigenvalue weighted by atomic mass is 15.1. The highest BCUT2D eigenvalue weighted by Gasteiger charge is 1.99. The van der Waals surface area contributed by atoms with Gasteiger partial charge in [0, 0.05) is 12.7 Å². The molecule has 0 unspecified atom stereocenters. The highest BCUT2D eigenvalue weighted by Crippen LogP contribution is 2.18. The van der Waals surface area contributed by atoms with Crippen LogP contribution < -0.4 is 10.6 Å². The first-order valence-corrected chi connectivity index (χ1v) is 5.53. The second kappa shape index (κ2) is 4.82. The molecule has 0 radical (unpaired) electrons. The van der Waals surface area contributed by atoms with E-state index in [-0.39, 0.29) is 0 Å². The zero-order valence-electron chi connectivity index (χ0n) is 10.3. The zero-order valence-corrected chi connectivity index (χ0v) is 10.3. The average Bonchev–Trinajstić information content (AvgIpc) is 2.34. The van der Waals surface area contributed by atoms with Gasteiger partial charge in [0.2, 0.25) is 0 Å². The first-order chi connectivity index (χ1) is 8.19. The van der Waals surface area contributed by atoms with Crippen molar-refractivity contribution in [1.29, 1.82) is 0 Å². The maximum Gasteiger partial charge on any atom is 0.151 e. The van der Waals surface area contributed by atoms with E-state index in [0.717, 1.165) is 17.3 Å². The van der Waals surface area contributed by atoms with Gasteiger partial charge in [-0.2, -0.15) is 0 Å². The number of benzene rings is 1. The number of nitrogens with zero attached hydrogens (tertiary/aromatic N) is 2. The molecule has 0 aliphatic carbocycles. The molecule has 1 aromatic heterocycles. The van der Waals surface area contributed by atoms with Gasteiger partial charge < -0.3 is 10.6 Å². The van der Waals surface area contributed by atoms with Gasteiger partial charge in [0.1, 0.15) is 5.82 Å². The van der Waals surface area contributed by atoms with Crippen molar-refractivity contribution >= 4 is 17.3 Å². The van der Waals surface area contributed by atoms with Gasteiger partial charge >= 0.3 is 0 Å². The van der Waals surface area contributed by atoms with Crippen molar-refractivity contribution in [3.63, 3.8) is 0 Å². The van der Waals surface area contributed by atoms with Gasteiger partial charge in [0.05, 0.1) is 12.4 Å². The zero-order chi connectivity index (χ0) is 12.3. The smallest absolute Gasteiger partial charge is 0.151 e. The van der Waals surface area contributed by atoms with E-state index in [4.69, 9.17) is 0 Å². The summed E-state index contributed by atoms with van der Waals surface area (Å²) in [4.78, 5) is 8.46. The Kier molecular flexibility index (Phi) is 3.23. The van der Waals surface area contributed by atoms with Crippen LogP contribution in [0.4, 0.5) is 17.3 Å². The number of rotatable bonds is 3. The molecule has 4 nitrogen and oxygen atoms in total. The van der Waals surface area contributed by atoms with Crippen LogP contribution in [0.5, 0.6) is 0 Å². The van der Waals surface area contributed by atoms with Crippen molar-refractivity contribution in [1.82, 2.24) is 9.97 Å². The molecule has 0 spiro atoms. The van der Waals surface area contributed by atoms with E-state index in [2.05, 4.69) is 46.6 Å². The third-order valence-corrected chi connectivity index (χ3v) is 2.67. The lowest BCUT2D eigenvalue weighted by Crippen LogP contribution is -1.99. The lowest BCUT2D eigenvalue weighted by Gasteiger charge is -2.08. The Labute approximate surface area is 101 Å². The number of hydrogen-bond donors (Lipinski definition) is 2. The Morgan fingerprint density at radius 1 is 1.00 bits per heavy atom. The molecule has 0 bridgehead atoms. The fraction of sp³-hybridized carbons (Fsp3) is 0.231. The summed E-state index contributed by atoms with van der Waals surface area (Å²) in [5, 5.41) is 6.19. The molecule has 0 amide bonds. The minimum Gasteiger partial charge on any atom is -0.372 e. The topological polar surface area (TPSA) is 49.8 Å². The van der Waals surface area contributed by atoms with Crippen molar-refractivity contribution < 1.29 is 0 Å². The maximum atomic E-state index is 4.35. The molecule has 2 N–H and O–H groups in total. The van der Waals surface area contributed by atoms with Gasteiger partial charge in [-0.1, -0.05) is 6.07 Å². The summed E-state index contributed by atoms with van der Waals surface area (Å²) in [6.07, 6.45) is 3.39. The first-order valence-electron chi connectivity index (χ1n) is 5.53. The molecule has 2 rings (SSSR count). The second-order valence-corrected chi connectivity index (χ2v) is 3.96. The molecule has 1 heterocycles. The molecule has 4 heteroatoms. The van der Waals surface area contributed by atoms with Crippen LogP contribution in [0.2, 0.25) is 0 Å². The van der Waals surface area contributed by atoms with Crippen LogP contribution in [0.25, 0.3) is 0 Å². The van der Waals surface area contributed by atoms with Crippen LogP contribution in [-0.2, 0) is 0 Å². The third-order valence-electron chi connectivity index (χ3n) is 2.67. The Morgan fingerprint density at radius 2 is 1.76 bits per heavy atom. The van der Waals surface area contributed by atoms with Gasteiger partial charge in [-0.05, 0) is 37.1 Å². The van der Waals surface area contributed by atoms with Crippen LogP contribution in [0, 0.1) is 13.8 Å². The number of hydrogen-bond acceptors (Lipinski definition) is 4. The van der Waals surface area contributed by atoms with E-state index < -0.39 is 0 Å². The van der Waals surface area contributed by atoms with Gasteiger partial charge in [0.25, 0.3) is 0 Å². The molecule has 0 atom stereocenters. The van der Waals surface area contributed by atoms with Crippen LogP contribution in [-0.4, -0.2) is 17.0 Å². The molecule has 0 saturated heterocycles. The van der Waals surface area contributed by atoms with Gasteiger partial charge in [-0.3, -0.25) is 4.98 Å². The molecule has 2 aromatic rings. The summed E-state index contributed by atoms with van der Waals surface area (Å²) < 4.78 is 0. The van der Waals surface area contributed by atoms with Crippen molar-refractivity contribution in [3.8, 4) is 0 Å². The highest BCUT2D eigenvalue weighted by molar-refractivity contribution is 5.58. The van der Waals surface area contributed by atoms with E-state index >= 15 is 0 Å². The van der Waals surface area contributed by atoms with E-state index in [0.29, 0.717) is 0 Å². The van der Waals surface area contributed by atoms with E-state index in [1.54, 1.807) is 12.4 Å². The molecule has 88 valence electrons. The fourth-order valence-electron chi connectivity index (χ4n) is 1.51. The largest absolute Gasteiger partial charge is 0.372 e. The minimum absolute atomic E-state index is 0.736. The summed E-state index contributed by atoms with van der Waals surface area (Å²) >= 11 is 0. The van der Waals surface area contributed by atoms with Crippen molar-refractivity contribution in [2.45, 2.75) is 13.8 Å². The van der Waals surface area contributed by atoms with Crippen LogP contribution >= 0.6 is 0 Å². The minimum atomic E-state index is 0.736. The lowest BCUT2D eigenvalue weighted by molar-refractivity contribution is 1.18. The van der Waals surface area contributed by atoms with Crippen molar-refractivity contribution in [3.05, 3.63) is 41.7 Å². The summed E-state index contributed by atoms with van der Waals surface area (Å²) in [7, 11) is 1.82. The first kappa shape index (κ1) is 11.4. The van der Waals surface area contributed by atoms with Crippen LogP contribution in [0.15, 0.2) is 30.6 Å². The summed E-state index contributed by atoms with van der Waals surface area (Å²) in [5.74, 6) is 1.49. The molecule has 0 aliphatic rings. The molecule has 1 aromatic carbocycles. The predicted octanol–water partition coefficient (Wildman–Crippen LogP) is 2.88. The van der Waals surface area contributed by atoms with E-state index in [9.17, 15) is 0 Å². The SMILES string of the molecule is CNc1cncc(Nc2ccc(C)c(C)c2)n1. The third kappa shape index (κ3) is 2.72. The molecule has 0 aliphatic heterocycles. The quantitative estimate of drug-likeness (QED) is 0.848. The van der Waals surface area contributed by atoms with Gasteiger partial charge in [-0.25, -0.2) is 4.98 Å². The maximum absolute atomic E-state index is 4.35. The normalized spacial score (nSPS) is 10.1. The predicted molar refractivity (Wildman–Crippen MR) is 70.8 cm³/mol. The number of anilines is 3. The van der Waals surface area contributed by atoms with Crippen LogP contribution in [0.3, 0.4) is 0 Å². The number of aryl methyl sites for hydroxylation is 2. The summed E-state index contributed by atoms with van der Waals surface area (Å²) in [5.41, 5.74) is 3.56. The van der Waals surface area contributed by atoms with Gasteiger partial charge in [-0.15, -0.1) is 0 Å². The van der Waals surface area contributed by atoms with E-state index in [1.165, 1.54) is 11.1 Å². The molecule has 0 saturated carbocycles. The molecular weight excluding hydrogens is 212 g/mol. The molecule has 0 fully saturated rings. The summed E-state index contributed by atoms with van der Waals surface area (Å²) in [6.45, 7) is 4.19. The monoisotopic (exact) mass is 228 g/mol. The summed E-state index contributed by atoms with van der Waals surface area (Å²) in [6, 6.07) is 6.23. The Balaban J connectivity index is 2.22. The van der Waals surface area contributed by atoms with E-state index in [1.807, 2.05) is 13.1 Å². The average molecular weight is 228 g/mol. The van der Waals surface area contributed by atoms with Crippen molar-refractivity contribution in [2.75, 3.05) is 17.7 Å². The number of aromatic nitrogens is 2. The van der Waals surface area contributed by atoms with Gasteiger partial charge in [0.15, 0.2) is 5.82 Å². The van der Waals surface area contributed by atoms with Crippen LogP contribution in [0.1, 0.15) is 11.1 Å². The Hall–Kier alpha value is -2.10. The fourth-order valence-corrected chi connectivity index (χ4v) is 1.51. The lowest BCUT2D eigenvalue weighted by atomic mass is 10.1.